The largest absolute Gasteiger partial charge is 0.265 e. The highest BCUT2D eigenvalue weighted by Crippen LogP contribution is 2.03. The standard InChI is InChI=1S/C11H13ClN4/c12-5-1-2-11-9-16(15-14-11)8-10-3-6-13-7-4-10/h3-4,6-7,9H,1-2,5,8H2. The van der Waals surface area contributed by atoms with E-state index in [0.29, 0.717) is 5.88 Å². The predicted molar refractivity (Wildman–Crippen MR) is 62.4 cm³/mol. The van der Waals surface area contributed by atoms with Crippen molar-refractivity contribution in [2.45, 2.75) is 19.4 Å². The van der Waals surface area contributed by atoms with E-state index in [1.54, 1.807) is 12.4 Å². The van der Waals surface area contributed by atoms with Crippen LogP contribution in [0, 0.1) is 0 Å². The summed E-state index contributed by atoms with van der Waals surface area (Å²) in [5.41, 5.74) is 2.17. The van der Waals surface area contributed by atoms with E-state index in [2.05, 4.69) is 15.3 Å². The van der Waals surface area contributed by atoms with Crippen LogP contribution in [0.3, 0.4) is 0 Å². The number of halogens is 1. The topological polar surface area (TPSA) is 43.6 Å². The molecule has 2 aromatic heterocycles. The Kier molecular flexibility index (Phi) is 3.88. The van der Waals surface area contributed by atoms with Gasteiger partial charge in [0.25, 0.3) is 0 Å². The molecule has 0 N–H and O–H groups in total. The minimum Gasteiger partial charge on any atom is -0.265 e. The molecule has 0 spiro atoms. The van der Waals surface area contributed by atoms with Crippen LogP contribution in [0.5, 0.6) is 0 Å². The van der Waals surface area contributed by atoms with Crippen molar-refractivity contribution in [3.63, 3.8) is 0 Å². The average molecular weight is 237 g/mol. The number of pyridine rings is 1. The lowest BCUT2D eigenvalue weighted by molar-refractivity contribution is 0.648. The lowest BCUT2D eigenvalue weighted by atomic mass is 10.2. The zero-order chi connectivity index (χ0) is 11.2. The fourth-order valence-electron chi connectivity index (χ4n) is 1.45. The van der Waals surface area contributed by atoms with Crippen LogP contribution >= 0.6 is 11.6 Å². The van der Waals surface area contributed by atoms with Gasteiger partial charge in [0.2, 0.25) is 0 Å². The van der Waals surface area contributed by atoms with Gasteiger partial charge in [0.1, 0.15) is 0 Å². The maximum absolute atomic E-state index is 5.63. The van der Waals surface area contributed by atoms with Gasteiger partial charge in [-0.3, -0.25) is 4.98 Å². The van der Waals surface area contributed by atoms with Gasteiger partial charge < -0.3 is 0 Å². The first-order valence-corrected chi connectivity index (χ1v) is 5.76. The van der Waals surface area contributed by atoms with Crippen LogP contribution < -0.4 is 0 Å². The maximum atomic E-state index is 5.63. The number of rotatable bonds is 5. The minimum atomic E-state index is 0.664. The molecule has 0 bridgehead atoms. The smallest absolute Gasteiger partial charge is 0.0827 e. The van der Waals surface area contributed by atoms with Gasteiger partial charge in [-0.25, -0.2) is 4.68 Å². The Morgan fingerprint density at radius 2 is 2.06 bits per heavy atom. The first kappa shape index (κ1) is 11.1. The van der Waals surface area contributed by atoms with Gasteiger partial charge in [0.15, 0.2) is 0 Å². The molecule has 2 heterocycles. The molecule has 2 aromatic rings. The summed E-state index contributed by atoms with van der Waals surface area (Å²) in [6.07, 6.45) is 7.35. The lowest BCUT2D eigenvalue weighted by Crippen LogP contribution is -2.00. The van der Waals surface area contributed by atoms with Crippen molar-refractivity contribution in [1.29, 1.82) is 0 Å². The van der Waals surface area contributed by atoms with Crippen LogP contribution in [0.4, 0.5) is 0 Å². The summed E-state index contributed by atoms with van der Waals surface area (Å²) in [5.74, 6) is 0.664. The highest BCUT2D eigenvalue weighted by molar-refractivity contribution is 6.17. The van der Waals surface area contributed by atoms with Crippen LogP contribution in [0.25, 0.3) is 0 Å². The number of aryl methyl sites for hydroxylation is 1. The molecule has 0 unspecified atom stereocenters. The molecule has 0 radical (unpaired) electrons. The van der Waals surface area contributed by atoms with Crippen molar-refractivity contribution >= 4 is 11.6 Å². The van der Waals surface area contributed by atoms with Crippen LogP contribution in [0.2, 0.25) is 0 Å². The van der Waals surface area contributed by atoms with Crippen molar-refractivity contribution in [3.05, 3.63) is 42.0 Å². The van der Waals surface area contributed by atoms with Gasteiger partial charge in [-0.1, -0.05) is 5.21 Å². The third-order valence-electron chi connectivity index (χ3n) is 2.25. The maximum Gasteiger partial charge on any atom is 0.0827 e. The van der Waals surface area contributed by atoms with Crippen LogP contribution in [-0.2, 0) is 13.0 Å². The Labute approximate surface area is 99.3 Å². The highest BCUT2D eigenvalue weighted by atomic mass is 35.5. The highest BCUT2D eigenvalue weighted by Gasteiger charge is 2.00. The molecule has 0 aromatic carbocycles. The zero-order valence-corrected chi connectivity index (χ0v) is 9.64. The zero-order valence-electron chi connectivity index (χ0n) is 8.88. The number of nitrogens with zero attached hydrogens (tertiary/aromatic N) is 4. The van der Waals surface area contributed by atoms with Crippen molar-refractivity contribution < 1.29 is 0 Å². The molecule has 0 fully saturated rings. The Morgan fingerprint density at radius 3 is 2.81 bits per heavy atom. The first-order valence-electron chi connectivity index (χ1n) is 5.22. The minimum absolute atomic E-state index is 0.664. The summed E-state index contributed by atoms with van der Waals surface area (Å²) in [7, 11) is 0. The van der Waals surface area contributed by atoms with E-state index in [9.17, 15) is 0 Å². The van der Waals surface area contributed by atoms with Gasteiger partial charge in [0.05, 0.1) is 12.2 Å². The van der Waals surface area contributed by atoms with Crippen molar-refractivity contribution in [2.75, 3.05) is 5.88 Å². The quantitative estimate of drug-likeness (QED) is 0.745. The fourth-order valence-corrected chi connectivity index (χ4v) is 1.59. The number of alkyl halides is 1. The molecule has 0 amide bonds. The molecular weight excluding hydrogens is 224 g/mol. The monoisotopic (exact) mass is 236 g/mol. The van der Waals surface area contributed by atoms with Crippen molar-refractivity contribution in [3.8, 4) is 0 Å². The normalized spacial score (nSPS) is 10.6. The van der Waals surface area contributed by atoms with E-state index >= 15 is 0 Å². The van der Waals surface area contributed by atoms with E-state index in [4.69, 9.17) is 11.6 Å². The second-order valence-electron chi connectivity index (χ2n) is 3.56. The predicted octanol–water partition coefficient (Wildman–Crippen LogP) is 1.89. The van der Waals surface area contributed by atoms with Gasteiger partial charge in [-0.2, -0.15) is 0 Å². The Bertz CT molecular complexity index is 427. The molecule has 16 heavy (non-hydrogen) atoms. The lowest BCUT2D eigenvalue weighted by Gasteiger charge is -1.98. The first-order chi connectivity index (χ1) is 7.88. The van der Waals surface area contributed by atoms with Crippen molar-refractivity contribution in [1.82, 2.24) is 20.0 Å². The van der Waals surface area contributed by atoms with Gasteiger partial charge >= 0.3 is 0 Å². The molecule has 0 aliphatic heterocycles. The molecule has 5 heteroatoms. The van der Waals surface area contributed by atoms with E-state index in [0.717, 1.165) is 25.1 Å². The van der Waals surface area contributed by atoms with Crippen molar-refractivity contribution in [2.24, 2.45) is 0 Å². The Morgan fingerprint density at radius 1 is 1.25 bits per heavy atom. The fraction of sp³-hybridized carbons (Fsp3) is 0.364. The molecule has 0 aliphatic rings. The van der Waals surface area contributed by atoms with Crippen LogP contribution in [0.1, 0.15) is 17.7 Å². The molecular formula is C11H13ClN4. The summed E-state index contributed by atoms with van der Waals surface area (Å²) in [6, 6.07) is 3.94. The van der Waals surface area contributed by atoms with Gasteiger partial charge in [0, 0.05) is 24.5 Å². The molecule has 2 rings (SSSR count). The van der Waals surface area contributed by atoms with E-state index in [1.165, 1.54) is 5.56 Å². The molecule has 0 aliphatic carbocycles. The summed E-state index contributed by atoms with van der Waals surface area (Å²) >= 11 is 5.63. The average Bonchev–Trinajstić information content (AvgIpc) is 2.75. The van der Waals surface area contributed by atoms with E-state index < -0.39 is 0 Å². The molecule has 0 saturated heterocycles. The molecule has 0 atom stereocenters. The second-order valence-corrected chi connectivity index (χ2v) is 3.93. The van der Waals surface area contributed by atoms with Gasteiger partial charge in [-0.05, 0) is 30.5 Å². The van der Waals surface area contributed by atoms with E-state index in [1.807, 2.05) is 23.0 Å². The molecule has 0 saturated carbocycles. The Balaban J connectivity index is 1.97. The second kappa shape index (κ2) is 5.61. The number of aromatic nitrogens is 4. The number of hydrogen-bond donors (Lipinski definition) is 0. The van der Waals surface area contributed by atoms with Crippen LogP contribution in [-0.4, -0.2) is 25.9 Å². The Hall–Kier alpha value is -1.42. The summed E-state index contributed by atoms with van der Waals surface area (Å²) in [5, 5.41) is 8.16. The molecule has 84 valence electrons. The van der Waals surface area contributed by atoms with E-state index in [-0.39, 0.29) is 0 Å². The third-order valence-corrected chi connectivity index (χ3v) is 2.51. The number of hydrogen-bond acceptors (Lipinski definition) is 3. The summed E-state index contributed by atoms with van der Waals surface area (Å²) in [4.78, 5) is 3.97. The third kappa shape index (κ3) is 3.03. The summed E-state index contributed by atoms with van der Waals surface area (Å²) in [6.45, 7) is 0.733. The van der Waals surface area contributed by atoms with Crippen LogP contribution in [0.15, 0.2) is 30.7 Å². The molecule has 4 nitrogen and oxygen atoms in total. The SMILES string of the molecule is ClCCCc1cn(Cc2ccncc2)nn1. The summed E-state index contributed by atoms with van der Waals surface area (Å²) < 4.78 is 1.83. The van der Waals surface area contributed by atoms with Gasteiger partial charge in [-0.15, -0.1) is 16.7 Å².